The van der Waals surface area contributed by atoms with E-state index in [0.29, 0.717) is 0 Å². The van der Waals surface area contributed by atoms with Crippen molar-refractivity contribution in [3.8, 4) is 0 Å². The van der Waals surface area contributed by atoms with Crippen LogP contribution in [0, 0.1) is 0 Å². The van der Waals surface area contributed by atoms with Crippen molar-refractivity contribution >= 4 is 20.3 Å². The molecular formula is C22H34O7Si. The van der Waals surface area contributed by atoms with E-state index in [2.05, 4.69) is 33.9 Å². The summed E-state index contributed by atoms with van der Waals surface area (Å²) < 4.78 is 29.2. The average Bonchev–Trinajstić information content (AvgIpc) is 3.07. The SMILES string of the molecule is CC(=O)OC[C@H]1OC(c2ccccc2)O[C@H]1[C@H](CO[Si](C)(C)C(C)(C)C)OC(C)=O. The second-order valence-electron chi connectivity index (χ2n) is 9.04. The molecule has 0 spiro atoms. The van der Waals surface area contributed by atoms with Crippen molar-refractivity contribution in [2.75, 3.05) is 13.2 Å². The maximum atomic E-state index is 11.8. The van der Waals surface area contributed by atoms with Gasteiger partial charge in [0.2, 0.25) is 0 Å². The van der Waals surface area contributed by atoms with Gasteiger partial charge in [-0.3, -0.25) is 9.59 Å². The summed E-state index contributed by atoms with van der Waals surface area (Å²) in [4.78, 5) is 23.2. The van der Waals surface area contributed by atoms with Crippen molar-refractivity contribution in [2.45, 2.75) is 77.4 Å². The Hall–Kier alpha value is -1.74. The first kappa shape index (κ1) is 24.5. The first-order valence-corrected chi connectivity index (χ1v) is 13.1. The highest BCUT2D eigenvalue weighted by atomic mass is 28.4. The van der Waals surface area contributed by atoms with Crippen molar-refractivity contribution in [3.63, 3.8) is 0 Å². The summed E-state index contributed by atoms with van der Waals surface area (Å²) in [6.45, 7) is 13.6. The van der Waals surface area contributed by atoms with Gasteiger partial charge in [0, 0.05) is 19.4 Å². The molecule has 1 unspecified atom stereocenters. The van der Waals surface area contributed by atoms with E-state index in [4.69, 9.17) is 23.4 Å². The molecule has 0 saturated carbocycles. The highest BCUT2D eigenvalue weighted by Gasteiger charge is 2.45. The van der Waals surface area contributed by atoms with Gasteiger partial charge in [0.1, 0.15) is 18.8 Å². The van der Waals surface area contributed by atoms with Crippen molar-refractivity contribution in [1.82, 2.24) is 0 Å². The van der Waals surface area contributed by atoms with Crippen LogP contribution in [-0.4, -0.2) is 51.8 Å². The van der Waals surface area contributed by atoms with Crippen LogP contribution in [0.4, 0.5) is 0 Å². The lowest BCUT2D eigenvalue weighted by Gasteiger charge is -2.38. The summed E-state index contributed by atoms with van der Waals surface area (Å²) in [5, 5.41) is 0.00449. The summed E-state index contributed by atoms with van der Waals surface area (Å²) in [5.41, 5.74) is 0.833. The monoisotopic (exact) mass is 438 g/mol. The molecule has 1 heterocycles. The maximum absolute atomic E-state index is 11.8. The number of hydrogen-bond acceptors (Lipinski definition) is 7. The van der Waals surface area contributed by atoms with Crippen molar-refractivity contribution < 1.29 is 33.0 Å². The number of hydrogen-bond donors (Lipinski definition) is 0. The van der Waals surface area contributed by atoms with Gasteiger partial charge in [0.15, 0.2) is 20.7 Å². The topological polar surface area (TPSA) is 80.3 Å². The van der Waals surface area contributed by atoms with E-state index in [1.54, 1.807) is 0 Å². The summed E-state index contributed by atoms with van der Waals surface area (Å²) in [6, 6.07) is 9.47. The van der Waals surface area contributed by atoms with Crippen LogP contribution in [0.1, 0.15) is 46.5 Å². The molecule has 1 aromatic rings. The van der Waals surface area contributed by atoms with Crippen LogP contribution in [0.2, 0.25) is 18.1 Å². The Morgan fingerprint density at radius 2 is 1.70 bits per heavy atom. The lowest BCUT2D eigenvalue weighted by Crippen LogP contribution is -2.48. The minimum absolute atomic E-state index is 0.00118. The van der Waals surface area contributed by atoms with Gasteiger partial charge in [-0.1, -0.05) is 51.1 Å². The van der Waals surface area contributed by atoms with Crippen LogP contribution in [0.25, 0.3) is 0 Å². The molecule has 1 aromatic carbocycles. The van der Waals surface area contributed by atoms with Crippen LogP contribution in [0.3, 0.4) is 0 Å². The molecular weight excluding hydrogens is 404 g/mol. The van der Waals surface area contributed by atoms with E-state index >= 15 is 0 Å². The molecule has 7 nitrogen and oxygen atoms in total. The largest absolute Gasteiger partial charge is 0.463 e. The molecule has 1 aliphatic heterocycles. The Morgan fingerprint density at radius 1 is 1.07 bits per heavy atom. The third kappa shape index (κ3) is 6.63. The third-order valence-electron chi connectivity index (χ3n) is 5.57. The minimum atomic E-state index is -2.08. The Morgan fingerprint density at radius 3 is 2.23 bits per heavy atom. The standard InChI is InChI=1S/C22H34O7Si/c1-15(23)25-13-18-20(29-21(28-18)17-11-9-8-10-12-17)19(27-16(2)24)14-26-30(6,7)22(3,4)5/h8-12,18-21H,13-14H2,1-7H3/t18-,19+,20-,21?/m1/s1. The Labute approximate surface area is 180 Å². The molecule has 30 heavy (non-hydrogen) atoms. The van der Waals surface area contributed by atoms with Gasteiger partial charge in [-0.25, -0.2) is 0 Å². The fourth-order valence-electron chi connectivity index (χ4n) is 2.84. The second kappa shape index (κ2) is 10.0. The number of esters is 2. The van der Waals surface area contributed by atoms with Gasteiger partial charge in [-0.05, 0) is 18.1 Å². The molecule has 4 atom stereocenters. The number of carbonyl (C=O) groups is 2. The molecule has 0 radical (unpaired) electrons. The highest BCUT2D eigenvalue weighted by molar-refractivity contribution is 6.74. The van der Waals surface area contributed by atoms with E-state index in [9.17, 15) is 9.59 Å². The first-order valence-electron chi connectivity index (χ1n) is 10.2. The lowest BCUT2D eigenvalue weighted by atomic mass is 10.1. The third-order valence-corrected chi connectivity index (χ3v) is 10.1. The number of benzene rings is 1. The Kier molecular flexibility index (Phi) is 8.21. The van der Waals surface area contributed by atoms with Crippen LogP contribution in [-0.2, 0) is 33.0 Å². The highest BCUT2D eigenvalue weighted by Crippen LogP contribution is 2.38. The van der Waals surface area contributed by atoms with Crippen molar-refractivity contribution in [2.24, 2.45) is 0 Å². The van der Waals surface area contributed by atoms with E-state index in [0.717, 1.165) is 5.56 Å². The molecule has 8 heteroatoms. The smallest absolute Gasteiger partial charge is 0.303 e. The summed E-state index contributed by atoms with van der Waals surface area (Å²) >= 11 is 0. The van der Waals surface area contributed by atoms with Gasteiger partial charge in [0.25, 0.3) is 0 Å². The number of rotatable bonds is 8. The summed E-state index contributed by atoms with van der Waals surface area (Å²) in [6.07, 6.45) is -2.57. The van der Waals surface area contributed by atoms with E-state index in [1.165, 1.54) is 13.8 Å². The van der Waals surface area contributed by atoms with Crippen LogP contribution < -0.4 is 0 Å². The first-order chi connectivity index (χ1) is 13.9. The molecule has 2 rings (SSSR count). The lowest BCUT2D eigenvalue weighted by molar-refractivity contribution is -0.159. The van der Waals surface area contributed by atoms with Crippen molar-refractivity contribution in [1.29, 1.82) is 0 Å². The molecule has 1 saturated heterocycles. The zero-order chi connectivity index (χ0) is 22.5. The number of carbonyl (C=O) groups excluding carboxylic acids is 2. The zero-order valence-electron chi connectivity index (χ0n) is 19.0. The maximum Gasteiger partial charge on any atom is 0.303 e. The normalized spacial score (nSPS) is 23.1. The molecule has 0 amide bonds. The van der Waals surface area contributed by atoms with Gasteiger partial charge < -0.3 is 23.4 Å². The predicted molar refractivity (Wildman–Crippen MR) is 114 cm³/mol. The molecule has 1 fully saturated rings. The Balaban J connectivity index is 2.22. The van der Waals surface area contributed by atoms with Gasteiger partial charge >= 0.3 is 11.9 Å². The number of ether oxygens (including phenoxy) is 4. The fraction of sp³-hybridized carbons (Fsp3) is 0.636. The van der Waals surface area contributed by atoms with E-state index < -0.39 is 44.9 Å². The molecule has 0 aromatic heterocycles. The van der Waals surface area contributed by atoms with Gasteiger partial charge in [0.05, 0.1) is 6.61 Å². The molecule has 1 aliphatic rings. The average molecular weight is 439 g/mol. The second-order valence-corrected chi connectivity index (χ2v) is 13.8. The van der Waals surface area contributed by atoms with Crippen molar-refractivity contribution in [3.05, 3.63) is 35.9 Å². The molecule has 0 bridgehead atoms. The summed E-state index contributed by atoms with van der Waals surface area (Å²) in [5.74, 6) is -0.848. The minimum Gasteiger partial charge on any atom is -0.463 e. The van der Waals surface area contributed by atoms with E-state index in [1.807, 2.05) is 30.3 Å². The quantitative estimate of drug-likeness (QED) is 0.448. The molecule has 0 N–H and O–H groups in total. The predicted octanol–water partition coefficient (Wildman–Crippen LogP) is 3.99. The molecule has 0 aliphatic carbocycles. The van der Waals surface area contributed by atoms with Crippen LogP contribution in [0.15, 0.2) is 30.3 Å². The van der Waals surface area contributed by atoms with Crippen LogP contribution in [0.5, 0.6) is 0 Å². The summed E-state index contributed by atoms with van der Waals surface area (Å²) in [7, 11) is -2.08. The Bertz CT molecular complexity index is 714. The van der Waals surface area contributed by atoms with Gasteiger partial charge in [-0.15, -0.1) is 0 Å². The van der Waals surface area contributed by atoms with Gasteiger partial charge in [-0.2, -0.15) is 0 Å². The van der Waals surface area contributed by atoms with Crippen LogP contribution >= 0.6 is 0 Å². The zero-order valence-corrected chi connectivity index (χ0v) is 20.0. The van der Waals surface area contributed by atoms with E-state index in [-0.39, 0.29) is 18.3 Å². The molecule has 168 valence electrons. The fourth-order valence-corrected chi connectivity index (χ4v) is 3.86.